The first-order valence-corrected chi connectivity index (χ1v) is 7.55. The van der Waals surface area contributed by atoms with E-state index in [1.807, 2.05) is 6.20 Å². The number of hydrogen-bond donors (Lipinski definition) is 1. The lowest BCUT2D eigenvalue weighted by Gasteiger charge is -2.19. The Morgan fingerprint density at radius 3 is 3.00 bits per heavy atom. The van der Waals surface area contributed by atoms with E-state index >= 15 is 0 Å². The Bertz CT molecular complexity index is 733. The van der Waals surface area contributed by atoms with Crippen LogP contribution in [0.2, 0.25) is 0 Å². The van der Waals surface area contributed by atoms with Crippen LogP contribution >= 0.6 is 0 Å². The highest BCUT2D eigenvalue weighted by atomic mass is 14.9. The standard InChI is InChI=1S/C19H18N2/c1-2-6-14(7-3-1)18-10-15-8-4-5-9-17(15)19(18)11-16-12-20-13-21-16/h1-2,4-6,8-10,12-13,19H,3,7,11H2,(H,20,21). The van der Waals surface area contributed by atoms with Crippen molar-refractivity contribution in [3.63, 3.8) is 0 Å². The zero-order chi connectivity index (χ0) is 14.1. The first-order chi connectivity index (χ1) is 10.4. The van der Waals surface area contributed by atoms with E-state index in [-0.39, 0.29) is 0 Å². The summed E-state index contributed by atoms with van der Waals surface area (Å²) in [5.74, 6) is 0.444. The van der Waals surface area contributed by atoms with Gasteiger partial charge in [0, 0.05) is 17.8 Å². The summed E-state index contributed by atoms with van der Waals surface area (Å²) in [5, 5.41) is 0. The van der Waals surface area contributed by atoms with Crippen molar-refractivity contribution in [3.05, 3.63) is 83.0 Å². The molecule has 1 aromatic heterocycles. The van der Waals surface area contributed by atoms with Crippen LogP contribution in [0.15, 0.2) is 66.2 Å². The summed E-state index contributed by atoms with van der Waals surface area (Å²) in [5.41, 5.74) is 6.98. The molecule has 2 nitrogen and oxygen atoms in total. The SMILES string of the molecule is C1=CCCC(C2=Cc3ccccc3C2Cc2cnc[nH]2)=C1. The summed E-state index contributed by atoms with van der Waals surface area (Å²) in [4.78, 5) is 7.40. The van der Waals surface area contributed by atoms with Gasteiger partial charge in [0.15, 0.2) is 0 Å². The van der Waals surface area contributed by atoms with Crippen molar-refractivity contribution in [2.24, 2.45) is 0 Å². The van der Waals surface area contributed by atoms with Crippen molar-refractivity contribution >= 4 is 6.08 Å². The first-order valence-electron chi connectivity index (χ1n) is 7.55. The van der Waals surface area contributed by atoms with E-state index in [1.165, 1.54) is 28.0 Å². The summed E-state index contributed by atoms with van der Waals surface area (Å²) in [6.45, 7) is 0. The van der Waals surface area contributed by atoms with Gasteiger partial charge < -0.3 is 4.98 Å². The van der Waals surface area contributed by atoms with E-state index in [0.29, 0.717) is 5.92 Å². The highest BCUT2D eigenvalue weighted by molar-refractivity contribution is 5.71. The van der Waals surface area contributed by atoms with Gasteiger partial charge in [-0.15, -0.1) is 0 Å². The lowest BCUT2D eigenvalue weighted by atomic mass is 9.85. The molecule has 0 fully saturated rings. The van der Waals surface area contributed by atoms with Crippen LogP contribution in [0, 0.1) is 0 Å². The Balaban J connectivity index is 1.74. The molecule has 0 saturated carbocycles. The quantitative estimate of drug-likeness (QED) is 0.882. The summed E-state index contributed by atoms with van der Waals surface area (Å²) in [6, 6.07) is 8.76. The molecule has 0 aliphatic heterocycles. The number of allylic oxidation sites excluding steroid dienone is 5. The van der Waals surface area contributed by atoms with Crippen LogP contribution in [-0.4, -0.2) is 9.97 Å². The van der Waals surface area contributed by atoms with Crippen LogP contribution in [-0.2, 0) is 6.42 Å². The summed E-state index contributed by atoms with van der Waals surface area (Å²) in [6.07, 6.45) is 16.1. The minimum absolute atomic E-state index is 0.444. The normalized spacial score (nSPS) is 20.1. The molecule has 1 unspecified atom stereocenters. The van der Waals surface area contributed by atoms with Crippen LogP contribution < -0.4 is 0 Å². The molecule has 0 saturated heterocycles. The maximum absolute atomic E-state index is 4.16. The smallest absolute Gasteiger partial charge is 0.0921 e. The second-order valence-electron chi connectivity index (χ2n) is 5.72. The van der Waals surface area contributed by atoms with Crippen molar-refractivity contribution in [2.45, 2.75) is 25.2 Å². The molecule has 21 heavy (non-hydrogen) atoms. The lowest BCUT2D eigenvalue weighted by Crippen LogP contribution is -2.06. The zero-order valence-electron chi connectivity index (χ0n) is 11.9. The molecule has 0 spiro atoms. The van der Waals surface area contributed by atoms with Crippen LogP contribution in [0.4, 0.5) is 0 Å². The number of H-pyrrole nitrogens is 1. The van der Waals surface area contributed by atoms with Gasteiger partial charge in [0.1, 0.15) is 0 Å². The molecule has 2 heteroatoms. The number of fused-ring (bicyclic) bond motifs is 1. The average Bonchev–Trinajstić information content (AvgIpc) is 3.17. The second-order valence-corrected chi connectivity index (χ2v) is 5.72. The van der Waals surface area contributed by atoms with Crippen LogP contribution in [0.5, 0.6) is 0 Å². The zero-order valence-corrected chi connectivity index (χ0v) is 11.9. The van der Waals surface area contributed by atoms with Crippen molar-refractivity contribution < 1.29 is 0 Å². The maximum Gasteiger partial charge on any atom is 0.0921 e. The maximum atomic E-state index is 4.16. The number of nitrogens with zero attached hydrogens (tertiary/aromatic N) is 1. The first kappa shape index (κ1) is 12.4. The molecular formula is C19H18N2. The van der Waals surface area contributed by atoms with E-state index in [9.17, 15) is 0 Å². The molecule has 0 radical (unpaired) electrons. The molecular weight excluding hydrogens is 256 g/mol. The third kappa shape index (κ3) is 2.27. The lowest BCUT2D eigenvalue weighted by molar-refractivity contribution is 0.776. The van der Waals surface area contributed by atoms with E-state index in [4.69, 9.17) is 0 Å². The molecule has 4 rings (SSSR count). The predicted octanol–water partition coefficient (Wildman–Crippen LogP) is 4.41. The van der Waals surface area contributed by atoms with Gasteiger partial charge in [0.2, 0.25) is 0 Å². The fourth-order valence-corrected chi connectivity index (χ4v) is 3.39. The fraction of sp³-hybridized carbons (Fsp3) is 0.211. The Morgan fingerprint density at radius 1 is 1.24 bits per heavy atom. The third-order valence-electron chi connectivity index (χ3n) is 4.42. The van der Waals surface area contributed by atoms with Gasteiger partial charge in [-0.25, -0.2) is 4.98 Å². The third-order valence-corrected chi connectivity index (χ3v) is 4.42. The Labute approximate surface area is 124 Å². The largest absolute Gasteiger partial charge is 0.348 e. The predicted molar refractivity (Wildman–Crippen MR) is 85.9 cm³/mol. The minimum Gasteiger partial charge on any atom is -0.348 e. The molecule has 1 heterocycles. The molecule has 1 atom stereocenters. The number of aromatic amines is 1. The van der Waals surface area contributed by atoms with Crippen molar-refractivity contribution in [2.75, 3.05) is 0 Å². The van der Waals surface area contributed by atoms with Gasteiger partial charge in [0.25, 0.3) is 0 Å². The molecule has 2 aliphatic rings. The average molecular weight is 274 g/mol. The van der Waals surface area contributed by atoms with Gasteiger partial charge in [-0.2, -0.15) is 0 Å². The van der Waals surface area contributed by atoms with Crippen LogP contribution in [0.1, 0.15) is 35.6 Å². The van der Waals surface area contributed by atoms with Gasteiger partial charge in [0.05, 0.1) is 6.33 Å². The van der Waals surface area contributed by atoms with Crippen molar-refractivity contribution in [3.8, 4) is 0 Å². The van der Waals surface area contributed by atoms with E-state index in [1.54, 1.807) is 6.33 Å². The number of aromatic nitrogens is 2. The molecule has 0 bridgehead atoms. The topological polar surface area (TPSA) is 28.7 Å². The minimum atomic E-state index is 0.444. The van der Waals surface area contributed by atoms with Gasteiger partial charge in [-0.1, -0.05) is 48.6 Å². The van der Waals surface area contributed by atoms with Crippen LogP contribution in [0.3, 0.4) is 0 Å². The second kappa shape index (κ2) is 5.21. The number of imidazole rings is 1. The highest BCUT2D eigenvalue weighted by Gasteiger charge is 2.27. The van der Waals surface area contributed by atoms with Gasteiger partial charge in [-0.3, -0.25) is 0 Å². The van der Waals surface area contributed by atoms with Crippen molar-refractivity contribution in [1.29, 1.82) is 0 Å². The van der Waals surface area contributed by atoms with Crippen LogP contribution in [0.25, 0.3) is 6.08 Å². The molecule has 1 aromatic carbocycles. The summed E-state index contributed by atoms with van der Waals surface area (Å²) in [7, 11) is 0. The van der Waals surface area contributed by atoms with Gasteiger partial charge in [-0.05, 0) is 41.5 Å². The number of nitrogens with one attached hydrogen (secondary N) is 1. The molecule has 104 valence electrons. The molecule has 2 aliphatic carbocycles. The van der Waals surface area contributed by atoms with Gasteiger partial charge >= 0.3 is 0 Å². The Morgan fingerprint density at radius 2 is 2.19 bits per heavy atom. The number of rotatable bonds is 3. The van der Waals surface area contributed by atoms with E-state index < -0.39 is 0 Å². The Kier molecular flexibility index (Phi) is 3.07. The highest BCUT2D eigenvalue weighted by Crippen LogP contribution is 2.43. The molecule has 1 N–H and O–H groups in total. The number of benzene rings is 1. The monoisotopic (exact) mass is 274 g/mol. The molecule has 2 aromatic rings. The summed E-state index contributed by atoms with van der Waals surface area (Å²) >= 11 is 0. The number of hydrogen-bond acceptors (Lipinski definition) is 1. The fourth-order valence-electron chi connectivity index (χ4n) is 3.39. The van der Waals surface area contributed by atoms with E-state index in [2.05, 4.69) is 58.5 Å². The molecule has 0 amide bonds. The van der Waals surface area contributed by atoms with Crippen molar-refractivity contribution in [1.82, 2.24) is 9.97 Å². The van der Waals surface area contributed by atoms with E-state index in [0.717, 1.165) is 19.3 Å². The summed E-state index contributed by atoms with van der Waals surface area (Å²) < 4.78 is 0. The Hall–Kier alpha value is -2.35.